The highest BCUT2D eigenvalue weighted by Gasteiger charge is 2.40. The fourth-order valence-electron chi connectivity index (χ4n) is 1.72. The lowest BCUT2D eigenvalue weighted by Crippen LogP contribution is -2.34. The first-order valence-electron chi connectivity index (χ1n) is 4.97. The molecule has 0 bridgehead atoms. The van der Waals surface area contributed by atoms with Crippen molar-refractivity contribution in [3.8, 4) is 0 Å². The molecule has 1 aliphatic rings. The third-order valence-corrected chi connectivity index (χ3v) is 2.57. The Hall–Kier alpha value is -2.00. The van der Waals surface area contributed by atoms with Crippen molar-refractivity contribution in [3.63, 3.8) is 0 Å². The van der Waals surface area contributed by atoms with E-state index < -0.39 is 41.5 Å². The van der Waals surface area contributed by atoms with E-state index in [1.54, 1.807) is 4.98 Å². The topological polar surface area (TPSA) is 122 Å². The van der Waals surface area contributed by atoms with Crippen LogP contribution in [-0.2, 0) is 9.53 Å². The number of carbonyl (C=O) groups is 1. The maximum absolute atomic E-state index is 13.0. The zero-order valence-electron chi connectivity index (χ0n) is 8.87. The number of H-pyrrole nitrogens is 1. The molecule has 0 spiro atoms. The van der Waals surface area contributed by atoms with Crippen LogP contribution in [0.2, 0.25) is 0 Å². The molecule has 3 N–H and O–H groups in total. The van der Waals surface area contributed by atoms with Crippen molar-refractivity contribution in [1.82, 2.24) is 9.55 Å². The van der Waals surface area contributed by atoms with Gasteiger partial charge in [0.05, 0.1) is 12.3 Å². The van der Waals surface area contributed by atoms with Crippen LogP contribution in [0.5, 0.6) is 0 Å². The number of nitrogens with one attached hydrogen (secondary N) is 1. The average Bonchev–Trinajstić information content (AvgIpc) is 2.65. The molecule has 2 heterocycles. The van der Waals surface area contributed by atoms with E-state index in [1.165, 1.54) is 0 Å². The van der Waals surface area contributed by atoms with E-state index in [0.717, 1.165) is 0 Å². The van der Waals surface area contributed by atoms with Crippen LogP contribution >= 0.6 is 0 Å². The van der Waals surface area contributed by atoms with Crippen LogP contribution in [0.15, 0.2) is 15.8 Å². The molecule has 0 saturated carbocycles. The molecule has 0 radical (unpaired) electrons. The number of aliphatic carboxylic acids is 1. The normalized spacial score (nSPS) is 27.3. The Morgan fingerprint density at radius 2 is 2.22 bits per heavy atom. The van der Waals surface area contributed by atoms with Gasteiger partial charge in [0, 0.05) is 6.42 Å². The second kappa shape index (κ2) is 4.35. The molecule has 9 heteroatoms. The third-order valence-electron chi connectivity index (χ3n) is 2.57. The summed E-state index contributed by atoms with van der Waals surface area (Å²) < 4.78 is 18.6. The Morgan fingerprint density at radius 3 is 2.78 bits per heavy atom. The number of carboxylic acids is 1. The van der Waals surface area contributed by atoms with Crippen molar-refractivity contribution in [1.29, 1.82) is 0 Å². The third kappa shape index (κ3) is 2.05. The summed E-state index contributed by atoms with van der Waals surface area (Å²) in [6, 6.07) is 0. The van der Waals surface area contributed by atoms with Gasteiger partial charge in [-0.3, -0.25) is 14.3 Å². The Morgan fingerprint density at radius 1 is 1.56 bits per heavy atom. The highest BCUT2D eigenvalue weighted by molar-refractivity contribution is 5.73. The average molecular weight is 260 g/mol. The summed E-state index contributed by atoms with van der Waals surface area (Å²) >= 11 is 0. The van der Waals surface area contributed by atoms with E-state index in [-0.39, 0.29) is 6.42 Å². The summed E-state index contributed by atoms with van der Waals surface area (Å²) in [6.45, 7) is 0. The second-order valence-electron chi connectivity index (χ2n) is 3.80. The molecule has 1 aromatic rings. The van der Waals surface area contributed by atoms with Crippen molar-refractivity contribution < 1.29 is 24.1 Å². The number of aliphatic hydroxyl groups is 1. The Kier molecular flexibility index (Phi) is 3.01. The van der Waals surface area contributed by atoms with Gasteiger partial charge in [0.15, 0.2) is 6.10 Å². The summed E-state index contributed by atoms with van der Waals surface area (Å²) in [7, 11) is 0. The van der Waals surface area contributed by atoms with E-state index >= 15 is 0 Å². The molecule has 8 nitrogen and oxygen atoms in total. The Labute approximate surface area is 98.3 Å². The first-order valence-corrected chi connectivity index (χ1v) is 4.97. The summed E-state index contributed by atoms with van der Waals surface area (Å²) in [5, 5.41) is 18.1. The molecular weight excluding hydrogens is 251 g/mol. The summed E-state index contributed by atoms with van der Waals surface area (Å²) in [5.41, 5.74) is -2.12. The fourth-order valence-corrected chi connectivity index (χ4v) is 1.72. The number of hydrogen-bond donors (Lipinski definition) is 3. The number of hydrogen-bond acceptors (Lipinski definition) is 5. The largest absolute Gasteiger partial charge is 0.479 e. The lowest BCUT2D eigenvalue weighted by molar-refractivity contribution is -0.155. The van der Waals surface area contributed by atoms with Crippen molar-refractivity contribution in [2.24, 2.45) is 0 Å². The molecule has 1 aromatic heterocycles. The highest BCUT2D eigenvalue weighted by atomic mass is 19.1. The molecular formula is C9H9FN2O6. The monoisotopic (exact) mass is 260 g/mol. The van der Waals surface area contributed by atoms with Gasteiger partial charge in [-0.1, -0.05) is 0 Å². The van der Waals surface area contributed by atoms with E-state index in [1.807, 2.05) is 0 Å². The minimum atomic E-state index is -1.49. The standard InChI is InChI=1S/C9H9FN2O6/c10-3-2-12(9(17)11-7(3)14)5-1-4(13)6(18-5)8(15)16/h2,4-6,13H,1H2,(H,15,16)(H,11,14,17)/t4?,5-,6?/m1/s1. The van der Waals surface area contributed by atoms with E-state index in [2.05, 4.69) is 0 Å². The molecule has 2 rings (SSSR count). The minimum Gasteiger partial charge on any atom is -0.479 e. The van der Waals surface area contributed by atoms with Crippen molar-refractivity contribution in [3.05, 3.63) is 32.9 Å². The number of aromatic amines is 1. The van der Waals surface area contributed by atoms with Crippen LogP contribution in [0, 0.1) is 5.82 Å². The van der Waals surface area contributed by atoms with Crippen LogP contribution in [0.1, 0.15) is 12.6 Å². The fraction of sp³-hybridized carbons (Fsp3) is 0.444. The number of aromatic nitrogens is 2. The lowest BCUT2D eigenvalue weighted by atomic mass is 10.2. The van der Waals surface area contributed by atoms with Gasteiger partial charge in [0.2, 0.25) is 5.82 Å². The predicted octanol–water partition coefficient (Wildman–Crippen LogP) is -1.59. The van der Waals surface area contributed by atoms with E-state index in [0.29, 0.717) is 10.8 Å². The van der Waals surface area contributed by atoms with Gasteiger partial charge in [0.1, 0.15) is 6.23 Å². The van der Waals surface area contributed by atoms with Crippen molar-refractivity contribution in [2.45, 2.75) is 24.9 Å². The number of halogens is 1. The van der Waals surface area contributed by atoms with Crippen LogP contribution < -0.4 is 11.2 Å². The van der Waals surface area contributed by atoms with Crippen LogP contribution in [0.4, 0.5) is 4.39 Å². The number of rotatable bonds is 2. The maximum atomic E-state index is 13.0. The molecule has 1 fully saturated rings. The summed E-state index contributed by atoms with van der Waals surface area (Å²) in [5.74, 6) is -2.59. The first kappa shape index (κ1) is 12.5. The smallest absolute Gasteiger partial charge is 0.335 e. The van der Waals surface area contributed by atoms with Gasteiger partial charge >= 0.3 is 11.7 Å². The highest BCUT2D eigenvalue weighted by Crippen LogP contribution is 2.27. The van der Waals surface area contributed by atoms with Gasteiger partial charge in [-0.25, -0.2) is 9.59 Å². The number of nitrogens with zero attached hydrogens (tertiary/aromatic N) is 1. The Balaban J connectivity index is 2.35. The molecule has 3 atom stereocenters. The molecule has 0 amide bonds. The van der Waals surface area contributed by atoms with Gasteiger partial charge in [-0.15, -0.1) is 0 Å². The quantitative estimate of drug-likeness (QED) is 0.589. The zero-order valence-corrected chi connectivity index (χ0v) is 8.87. The van der Waals surface area contributed by atoms with Crippen molar-refractivity contribution in [2.75, 3.05) is 0 Å². The molecule has 18 heavy (non-hydrogen) atoms. The van der Waals surface area contributed by atoms with Crippen LogP contribution in [-0.4, -0.2) is 37.9 Å². The number of aliphatic hydroxyl groups excluding tert-OH is 1. The van der Waals surface area contributed by atoms with Crippen molar-refractivity contribution >= 4 is 5.97 Å². The maximum Gasteiger partial charge on any atom is 0.335 e. The van der Waals surface area contributed by atoms with Gasteiger partial charge < -0.3 is 14.9 Å². The van der Waals surface area contributed by atoms with E-state index in [4.69, 9.17) is 9.84 Å². The molecule has 1 saturated heterocycles. The molecule has 0 aromatic carbocycles. The number of carboxylic acid groups (broad SMARTS) is 1. The predicted molar refractivity (Wildman–Crippen MR) is 53.5 cm³/mol. The van der Waals surface area contributed by atoms with Gasteiger partial charge in [-0.05, 0) is 0 Å². The minimum absolute atomic E-state index is 0.192. The van der Waals surface area contributed by atoms with E-state index in [9.17, 15) is 23.9 Å². The second-order valence-corrected chi connectivity index (χ2v) is 3.80. The zero-order chi connectivity index (χ0) is 13.4. The Bertz CT molecular complexity index is 593. The molecule has 98 valence electrons. The SMILES string of the molecule is O=C(O)C1O[C@@H](n2cc(F)c(=O)[nH]c2=O)CC1O. The van der Waals surface area contributed by atoms with Gasteiger partial charge in [0.25, 0.3) is 5.56 Å². The van der Waals surface area contributed by atoms with Gasteiger partial charge in [-0.2, -0.15) is 4.39 Å². The van der Waals surface area contributed by atoms with Crippen LogP contribution in [0.3, 0.4) is 0 Å². The molecule has 2 unspecified atom stereocenters. The van der Waals surface area contributed by atoms with Crippen LogP contribution in [0.25, 0.3) is 0 Å². The molecule has 1 aliphatic heterocycles. The summed E-state index contributed by atoms with van der Waals surface area (Å²) in [6.07, 6.45) is -3.52. The first-order chi connectivity index (χ1) is 8.40. The lowest BCUT2D eigenvalue weighted by Gasteiger charge is -2.13. The number of ether oxygens (including phenoxy) is 1. The summed E-state index contributed by atoms with van der Waals surface area (Å²) in [4.78, 5) is 34.6. The molecule has 0 aliphatic carbocycles.